The summed E-state index contributed by atoms with van der Waals surface area (Å²) in [5.41, 5.74) is 0. The number of rotatable bonds is 3. The number of hydrogen-bond donors (Lipinski definition) is 1. The molecule has 0 aliphatic carbocycles. The average Bonchev–Trinajstić information content (AvgIpc) is 2.57. The molecule has 2 heterocycles. The maximum absolute atomic E-state index is 5.79. The quantitative estimate of drug-likeness (QED) is 0.757. The summed E-state index contributed by atoms with van der Waals surface area (Å²) in [4.78, 5) is 4.50. The topological polar surface area (TPSA) is 42.9 Å². The molecule has 15 heavy (non-hydrogen) atoms. The predicted molar refractivity (Wildman–Crippen MR) is 59.3 cm³/mol. The molecule has 0 spiro atoms. The maximum atomic E-state index is 5.79. The first-order chi connectivity index (χ1) is 7.25. The molecule has 2 atom stereocenters. The van der Waals surface area contributed by atoms with E-state index in [0.29, 0.717) is 24.8 Å². The predicted octanol–water partition coefficient (Wildman–Crippen LogP) is 0.961. The molecule has 0 amide bonds. The van der Waals surface area contributed by atoms with Crippen LogP contribution in [0.25, 0.3) is 0 Å². The highest BCUT2D eigenvalue weighted by molar-refractivity contribution is 5.85. The number of nitrogens with zero attached hydrogens (tertiary/aromatic N) is 1. The summed E-state index contributed by atoms with van der Waals surface area (Å²) in [5, 5.41) is 3.34. The molecule has 0 aromatic carbocycles. The van der Waals surface area contributed by atoms with Crippen LogP contribution in [0.3, 0.4) is 0 Å². The van der Waals surface area contributed by atoms with Gasteiger partial charge in [-0.05, 0) is 26.7 Å². The van der Waals surface area contributed by atoms with Gasteiger partial charge in [-0.3, -0.25) is 4.99 Å². The molecule has 2 aliphatic heterocycles. The van der Waals surface area contributed by atoms with E-state index in [1.54, 1.807) is 0 Å². The normalized spacial score (nSPS) is 32.5. The summed E-state index contributed by atoms with van der Waals surface area (Å²) in [6.45, 7) is 6.56. The minimum atomic E-state index is 0.356. The zero-order valence-corrected chi connectivity index (χ0v) is 9.53. The molecule has 0 saturated carbocycles. The summed E-state index contributed by atoms with van der Waals surface area (Å²) >= 11 is 0. The van der Waals surface area contributed by atoms with Crippen LogP contribution in [0.4, 0.5) is 0 Å². The highest BCUT2D eigenvalue weighted by Crippen LogP contribution is 2.12. The summed E-state index contributed by atoms with van der Waals surface area (Å²) in [7, 11) is 0. The van der Waals surface area contributed by atoms with Gasteiger partial charge in [0, 0.05) is 19.3 Å². The fraction of sp³-hybridized carbons (Fsp3) is 0.909. The average molecular weight is 212 g/mol. The first-order valence-corrected chi connectivity index (χ1v) is 5.78. The van der Waals surface area contributed by atoms with Crippen molar-refractivity contribution in [3.05, 3.63) is 0 Å². The Kier molecular flexibility index (Phi) is 3.59. The van der Waals surface area contributed by atoms with E-state index in [0.717, 1.165) is 31.9 Å². The van der Waals surface area contributed by atoms with Crippen molar-refractivity contribution in [3.8, 4) is 0 Å². The zero-order chi connectivity index (χ0) is 10.7. The van der Waals surface area contributed by atoms with Crippen molar-refractivity contribution < 1.29 is 9.47 Å². The summed E-state index contributed by atoms with van der Waals surface area (Å²) in [6.07, 6.45) is 2.38. The Balaban J connectivity index is 1.71. The van der Waals surface area contributed by atoms with Crippen molar-refractivity contribution in [1.29, 1.82) is 0 Å². The molecule has 1 N–H and O–H groups in total. The van der Waals surface area contributed by atoms with E-state index < -0.39 is 0 Å². The van der Waals surface area contributed by atoms with Gasteiger partial charge >= 0.3 is 0 Å². The van der Waals surface area contributed by atoms with Gasteiger partial charge in [0.25, 0.3) is 0 Å². The van der Waals surface area contributed by atoms with Crippen molar-refractivity contribution in [2.24, 2.45) is 4.99 Å². The van der Waals surface area contributed by atoms with Crippen LogP contribution >= 0.6 is 0 Å². The molecular weight excluding hydrogens is 192 g/mol. The summed E-state index contributed by atoms with van der Waals surface area (Å²) < 4.78 is 11.1. The molecule has 4 heteroatoms. The van der Waals surface area contributed by atoms with Gasteiger partial charge in [-0.25, -0.2) is 0 Å². The fourth-order valence-corrected chi connectivity index (χ4v) is 1.90. The molecule has 2 aliphatic rings. The van der Waals surface area contributed by atoms with Crippen LogP contribution < -0.4 is 5.32 Å². The molecule has 0 aromatic rings. The Morgan fingerprint density at radius 2 is 2.13 bits per heavy atom. The van der Waals surface area contributed by atoms with Crippen LogP contribution in [-0.2, 0) is 9.47 Å². The first-order valence-electron chi connectivity index (χ1n) is 5.78. The van der Waals surface area contributed by atoms with E-state index in [9.17, 15) is 0 Å². The Morgan fingerprint density at radius 3 is 2.73 bits per heavy atom. The zero-order valence-electron chi connectivity index (χ0n) is 9.53. The molecule has 4 nitrogen and oxygen atoms in total. The van der Waals surface area contributed by atoms with Crippen LogP contribution in [0.2, 0.25) is 0 Å². The lowest BCUT2D eigenvalue weighted by Gasteiger charge is -2.22. The van der Waals surface area contributed by atoms with E-state index in [1.807, 2.05) is 0 Å². The van der Waals surface area contributed by atoms with Gasteiger partial charge in [0.2, 0.25) is 0 Å². The largest absolute Gasteiger partial charge is 0.381 e. The molecular formula is C11H20N2O2. The van der Waals surface area contributed by atoms with Crippen LogP contribution in [0.1, 0.15) is 26.7 Å². The number of hydrogen-bond acceptors (Lipinski definition) is 4. The standard InChI is InChI=1S/C11H20N2O2/c1-8-9(2)13-11(12-8)7-15-10-3-5-14-6-4-10/h8-10H,3-7H2,1-2H3,(H,12,13)/t8-,9+. The van der Waals surface area contributed by atoms with E-state index in [1.165, 1.54) is 0 Å². The SMILES string of the molecule is C[C@@H]1N=C(COC2CCOCC2)N[C@@H]1C. The van der Waals surface area contributed by atoms with Gasteiger partial charge < -0.3 is 14.8 Å². The van der Waals surface area contributed by atoms with Gasteiger partial charge in [0.1, 0.15) is 12.4 Å². The third-order valence-corrected chi connectivity index (χ3v) is 3.10. The lowest BCUT2D eigenvalue weighted by molar-refractivity contribution is -0.0193. The molecule has 86 valence electrons. The number of amidine groups is 1. The molecule has 0 unspecified atom stereocenters. The van der Waals surface area contributed by atoms with Gasteiger partial charge in [-0.2, -0.15) is 0 Å². The third-order valence-electron chi connectivity index (χ3n) is 3.10. The van der Waals surface area contributed by atoms with Gasteiger partial charge in [0.15, 0.2) is 0 Å². The van der Waals surface area contributed by atoms with Crippen molar-refractivity contribution in [1.82, 2.24) is 5.32 Å². The Hall–Kier alpha value is -0.610. The van der Waals surface area contributed by atoms with Crippen molar-refractivity contribution in [2.75, 3.05) is 19.8 Å². The second-order valence-electron chi connectivity index (χ2n) is 4.37. The summed E-state index contributed by atoms with van der Waals surface area (Å²) in [6, 6.07) is 0.816. The lowest BCUT2D eigenvalue weighted by Crippen LogP contribution is -2.34. The van der Waals surface area contributed by atoms with Crippen LogP contribution in [0.5, 0.6) is 0 Å². The van der Waals surface area contributed by atoms with Crippen molar-refractivity contribution >= 4 is 5.84 Å². The van der Waals surface area contributed by atoms with E-state index in [4.69, 9.17) is 9.47 Å². The second kappa shape index (κ2) is 4.94. The molecule has 1 saturated heterocycles. The van der Waals surface area contributed by atoms with Crippen LogP contribution in [-0.4, -0.2) is 43.8 Å². The van der Waals surface area contributed by atoms with Crippen molar-refractivity contribution in [3.63, 3.8) is 0 Å². The second-order valence-corrected chi connectivity index (χ2v) is 4.37. The van der Waals surface area contributed by atoms with Crippen molar-refractivity contribution in [2.45, 2.75) is 44.9 Å². The highest BCUT2D eigenvalue weighted by Gasteiger charge is 2.21. The minimum absolute atomic E-state index is 0.356. The molecule has 0 aromatic heterocycles. The Bertz CT molecular complexity index is 237. The molecule has 2 rings (SSSR count). The number of nitrogens with one attached hydrogen (secondary N) is 1. The van der Waals surface area contributed by atoms with E-state index >= 15 is 0 Å². The van der Waals surface area contributed by atoms with E-state index in [2.05, 4.69) is 24.2 Å². The number of ether oxygens (including phenoxy) is 2. The Morgan fingerprint density at radius 1 is 1.40 bits per heavy atom. The maximum Gasteiger partial charge on any atom is 0.123 e. The highest BCUT2D eigenvalue weighted by atomic mass is 16.5. The van der Waals surface area contributed by atoms with Gasteiger partial charge in [-0.1, -0.05) is 0 Å². The first kappa shape index (κ1) is 10.9. The minimum Gasteiger partial charge on any atom is -0.381 e. The van der Waals surface area contributed by atoms with Gasteiger partial charge in [0.05, 0.1) is 12.1 Å². The van der Waals surface area contributed by atoms with Gasteiger partial charge in [-0.15, -0.1) is 0 Å². The molecule has 1 fully saturated rings. The third kappa shape index (κ3) is 2.92. The monoisotopic (exact) mass is 212 g/mol. The number of aliphatic imine (C=N–C) groups is 1. The molecule has 0 bridgehead atoms. The Labute approximate surface area is 91.0 Å². The smallest absolute Gasteiger partial charge is 0.123 e. The van der Waals surface area contributed by atoms with Crippen LogP contribution in [0, 0.1) is 0 Å². The van der Waals surface area contributed by atoms with Crippen LogP contribution in [0.15, 0.2) is 4.99 Å². The van der Waals surface area contributed by atoms with E-state index in [-0.39, 0.29) is 0 Å². The lowest BCUT2D eigenvalue weighted by atomic mass is 10.1. The fourth-order valence-electron chi connectivity index (χ4n) is 1.90. The molecule has 0 radical (unpaired) electrons. The summed E-state index contributed by atoms with van der Waals surface area (Å²) in [5.74, 6) is 1.00.